The van der Waals surface area contributed by atoms with Crippen molar-refractivity contribution in [2.45, 2.75) is 99.9 Å². The number of primary amides is 1. The molecule has 13 N–H and O–H groups in total. The molecule has 0 saturated carbocycles. The third-order valence-corrected chi connectivity index (χ3v) is 14.4. The van der Waals surface area contributed by atoms with E-state index in [1.807, 2.05) is 0 Å². The summed E-state index contributed by atoms with van der Waals surface area (Å²) in [6.45, 7) is 1.46. The molecule has 6 rings (SSSR count). The Morgan fingerprint density at radius 2 is 1.49 bits per heavy atom. The summed E-state index contributed by atoms with van der Waals surface area (Å²) in [6, 6.07) is -2.13. The number of ether oxygens (including phenoxy) is 2. The number of hydrogen-bond acceptors (Lipinski definition) is 18. The normalized spacial score (nSPS) is 25.6. The Bertz CT molecular complexity index is 2810. The first-order valence-electron chi connectivity index (χ1n) is 23.8. The maximum atomic E-state index is 14.9. The molecule has 1 fully saturated rings. The predicted molar refractivity (Wildman–Crippen MR) is 260 cm³/mol. The van der Waals surface area contributed by atoms with Crippen LogP contribution in [0.25, 0.3) is 10.9 Å². The van der Waals surface area contributed by atoms with Gasteiger partial charge < -0.3 is 77.6 Å². The van der Waals surface area contributed by atoms with Gasteiger partial charge in [0.15, 0.2) is 0 Å². The second-order valence-corrected chi connectivity index (χ2v) is 19.8. The molecule has 4 heterocycles. The number of aromatic nitrogens is 1. The number of nitrogens with zero attached hydrogens (tertiary/aromatic N) is 2. The summed E-state index contributed by atoms with van der Waals surface area (Å²) in [5, 5.41) is 59.5. The van der Waals surface area contributed by atoms with Gasteiger partial charge in [0, 0.05) is 48.9 Å². The summed E-state index contributed by atoms with van der Waals surface area (Å²) in [4.78, 5) is 152. The Morgan fingerprint density at radius 3 is 2.13 bits per heavy atom. The minimum atomic E-state index is -2.52. The van der Waals surface area contributed by atoms with E-state index in [0.717, 1.165) is 29.2 Å². The number of aromatic amines is 1. The molecule has 29 nitrogen and oxygen atoms in total. The number of amides is 9. The first kappa shape index (κ1) is 57.2. The highest BCUT2D eigenvalue weighted by atomic mass is 32.2. The van der Waals surface area contributed by atoms with Gasteiger partial charge in [0.2, 0.25) is 53.2 Å². The van der Waals surface area contributed by atoms with Gasteiger partial charge in [0.25, 0.3) is 5.69 Å². The van der Waals surface area contributed by atoms with Gasteiger partial charge in [-0.15, -0.1) is 0 Å². The number of carbonyl (C=O) groups excluding carboxylic acids is 10. The average molecular weight is 1080 g/mol. The fourth-order valence-corrected chi connectivity index (χ4v) is 10.0. The Hall–Kier alpha value is -8.09. The van der Waals surface area contributed by atoms with Gasteiger partial charge in [-0.2, -0.15) is 0 Å². The van der Waals surface area contributed by atoms with Crippen molar-refractivity contribution in [3.05, 3.63) is 58.1 Å². The quantitative estimate of drug-likeness (QED) is 0.0397. The van der Waals surface area contributed by atoms with Crippen molar-refractivity contribution < 1.29 is 81.9 Å². The Morgan fingerprint density at radius 1 is 0.842 bits per heavy atom. The van der Waals surface area contributed by atoms with Crippen LogP contribution < -0.4 is 52.4 Å². The Kier molecular flexibility index (Phi) is 18.8. The molecular weight excluding hydrogens is 1030 g/mol. The predicted octanol–water partition coefficient (Wildman–Crippen LogP) is -4.14. The largest absolute Gasteiger partial charge is 0.519 e. The van der Waals surface area contributed by atoms with Crippen molar-refractivity contribution in [1.29, 1.82) is 0 Å². The van der Waals surface area contributed by atoms with Crippen molar-refractivity contribution >= 4 is 86.7 Å². The number of nitro benzene ring substituents is 1. The highest BCUT2D eigenvalue weighted by Gasteiger charge is 2.45. The zero-order valence-electron chi connectivity index (χ0n) is 41.0. The number of fused-ring (bicyclic) bond motifs is 5. The number of nitrogens with one attached hydrogen (secondary N) is 8. The van der Waals surface area contributed by atoms with Gasteiger partial charge >= 0.3 is 6.16 Å². The second-order valence-electron chi connectivity index (χ2n) is 18.3. The zero-order valence-corrected chi connectivity index (χ0v) is 41.8. The molecule has 76 heavy (non-hydrogen) atoms. The molecule has 3 aliphatic heterocycles. The summed E-state index contributed by atoms with van der Waals surface area (Å²) in [5.41, 5.74) is 5.23. The van der Waals surface area contributed by atoms with Crippen LogP contribution in [0.5, 0.6) is 11.5 Å². The summed E-state index contributed by atoms with van der Waals surface area (Å²) in [6.07, 6.45) is -6.08. The van der Waals surface area contributed by atoms with E-state index in [0.29, 0.717) is 6.42 Å². The number of benzene rings is 2. The van der Waals surface area contributed by atoms with E-state index in [1.165, 1.54) is 25.1 Å². The number of rotatable bonds is 10. The SMILES string of the molecule is CC[C@H](C)[C@@H]1NC(=O)CNC(=O)[C@H]2Cc3c([nH]c4cc(OC(=O)Oc5ccc([N+](=O)[O-])cc5)ccc34)[S@](=O)C[C@H](NC(=O)CNC1=O)C(=O)N[C@@H](CC(N)=O)C(=O)N1C[C@H](O)C[C@H]1C(=O)N[C@@H]([C@@H](C)[C@@H](O)CO)C(=O)N2. The zero-order chi connectivity index (χ0) is 55.7. The molecule has 0 aliphatic carbocycles. The van der Waals surface area contributed by atoms with Crippen LogP contribution in [0, 0.1) is 22.0 Å². The first-order valence-corrected chi connectivity index (χ1v) is 25.1. The average Bonchev–Trinajstić information content (AvgIpc) is 3.95. The molecule has 410 valence electrons. The van der Waals surface area contributed by atoms with Gasteiger partial charge in [-0.1, -0.05) is 27.2 Å². The number of aliphatic hydroxyl groups excluding tert-OH is 3. The third kappa shape index (κ3) is 14.0. The van der Waals surface area contributed by atoms with Gasteiger partial charge in [-0.3, -0.25) is 57.5 Å². The molecular formula is C46H57N11O18S. The van der Waals surface area contributed by atoms with Crippen LogP contribution >= 0.6 is 0 Å². The van der Waals surface area contributed by atoms with E-state index in [4.69, 9.17) is 15.2 Å². The summed E-state index contributed by atoms with van der Waals surface area (Å²) < 4.78 is 25.4. The highest BCUT2D eigenvalue weighted by molar-refractivity contribution is 7.85. The molecule has 2 aromatic carbocycles. The number of aliphatic hydroxyl groups is 3. The van der Waals surface area contributed by atoms with E-state index < -0.39 is 187 Å². The maximum Gasteiger partial charge on any atom is 0.519 e. The molecule has 1 aromatic heterocycles. The molecule has 3 aromatic rings. The highest BCUT2D eigenvalue weighted by Crippen LogP contribution is 2.31. The molecule has 1 saturated heterocycles. The summed E-state index contributed by atoms with van der Waals surface area (Å²) in [5.74, 6) is -12.9. The van der Waals surface area contributed by atoms with Crippen molar-refractivity contribution in [3.8, 4) is 11.5 Å². The summed E-state index contributed by atoms with van der Waals surface area (Å²) in [7, 11) is -2.52. The van der Waals surface area contributed by atoms with E-state index in [1.54, 1.807) is 13.8 Å². The van der Waals surface area contributed by atoms with Crippen LogP contribution in [0.3, 0.4) is 0 Å². The number of H-pyrrole nitrogens is 1. The lowest BCUT2D eigenvalue weighted by molar-refractivity contribution is -0.384. The lowest BCUT2D eigenvalue weighted by atomic mass is 9.93. The fraction of sp³-hybridized carbons (Fsp3) is 0.478. The Labute approximate surface area is 433 Å². The van der Waals surface area contributed by atoms with Gasteiger partial charge in [-0.05, 0) is 35.7 Å². The molecule has 11 atom stereocenters. The van der Waals surface area contributed by atoms with Gasteiger partial charge in [-0.25, -0.2) is 4.79 Å². The van der Waals surface area contributed by atoms with E-state index in [-0.39, 0.29) is 38.7 Å². The van der Waals surface area contributed by atoms with E-state index in [2.05, 4.69) is 42.2 Å². The van der Waals surface area contributed by atoms with Crippen LogP contribution in [-0.4, -0.2) is 174 Å². The topological polar surface area (TPSA) is 439 Å². The van der Waals surface area contributed by atoms with Crippen molar-refractivity contribution in [1.82, 2.24) is 47.1 Å². The van der Waals surface area contributed by atoms with Crippen LogP contribution in [0.2, 0.25) is 0 Å². The summed E-state index contributed by atoms with van der Waals surface area (Å²) >= 11 is 0. The molecule has 0 unspecified atom stereocenters. The van der Waals surface area contributed by atoms with Crippen LogP contribution in [-0.2, 0) is 60.4 Å². The van der Waals surface area contributed by atoms with E-state index >= 15 is 0 Å². The minimum absolute atomic E-state index is 0.0311. The second kappa shape index (κ2) is 25.0. The molecule has 9 amide bonds. The molecule has 0 radical (unpaired) electrons. The maximum absolute atomic E-state index is 14.9. The first-order chi connectivity index (χ1) is 36.0. The van der Waals surface area contributed by atoms with Crippen LogP contribution in [0.15, 0.2) is 47.5 Å². The molecule has 0 spiro atoms. The number of non-ortho nitro benzene ring substituents is 1. The fourth-order valence-electron chi connectivity index (χ4n) is 8.61. The lowest BCUT2D eigenvalue weighted by Crippen LogP contribution is -2.62. The number of nitro groups is 1. The number of nitrogens with two attached hydrogens (primary N) is 1. The van der Waals surface area contributed by atoms with Crippen LogP contribution in [0.4, 0.5) is 10.5 Å². The van der Waals surface area contributed by atoms with E-state index in [9.17, 15) is 77.6 Å². The molecule has 2 bridgehead atoms. The lowest BCUT2D eigenvalue weighted by Gasteiger charge is -2.32. The Balaban J connectivity index is 1.52. The van der Waals surface area contributed by atoms with Gasteiger partial charge in [0.05, 0.1) is 65.3 Å². The molecule has 30 heteroatoms. The third-order valence-electron chi connectivity index (χ3n) is 13.0. The number of hydrogen-bond donors (Lipinski definition) is 12. The standard InChI is InChI=1S/C46H57N11O18S/c1-4-20(2)37-42(67)49-15-35(62)50-31-19-76(73)44-27(26-10-9-25(12-28(26)53-44)75-46(70)74-24-7-5-22(6-8-24)57(71)72)13-29(39(64)48-16-36(63)54-37)51-43(68)38(21(3)33(60)18-58)55-41(66)32-11-23(59)17-56(32)45(69)30(14-34(47)61)52-40(31)65/h5-10,12,20-21,23,29-33,37-38,53,58-60H,4,11,13-19H2,1-3H3,(H2,47,61)(H,48,64)(H,49,67)(H,50,62)(H,51,68)(H,52,65)(H,54,63)(H,55,66)/t20-,21-,23+,29+,30-,31-,32-,33-,37-,38-,76+/m0/s1. The number of carbonyl (C=O) groups is 10. The van der Waals surface area contributed by atoms with Crippen LogP contribution in [0.1, 0.15) is 45.6 Å². The molecule has 3 aliphatic rings. The minimum Gasteiger partial charge on any atom is -0.395 e. The monoisotopic (exact) mass is 1080 g/mol. The smallest absolute Gasteiger partial charge is 0.395 e. The van der Waals surface area contributed by atoms with Crippen molar-refractivity contribution in [2.75, 3.05) is 32.0 Å². The van der Waals surface area contributed by atoms with Crippen molar-refractivity contribution in [2.24, 2.45) is 17.6 Å². The van der Waals surface area contributed by atoms with Crippen molar-refractivity contribution in [3.63, 3.8) is 0 Å². The van der Waals surface area contributed by atoms with Gasteiger partial charge in [0.1, 0.15) is 52.8 Å².